The second-order valence-corrected chi connectivity index (χ2v) is 6.77. The maximum absolute atomic E-state index is 12.4. The van der Waals surface area contributed by atoms with Gasteiger partial charge in [-0.25, -0.2) is 0 Å². The molecule has 1 aliphatic carbocycles. The molecule has 0 bridgehead atoms. The van der Waals surface area contributed by atoms with E-state index in [9.17, 15) is 9.59 Å². The number of nitrogens with zero attached hydrogens (tertiary/aromatic N) is 1. The normalized spacial score (nSPS) is 27.7. The lowest BCUT2D eigenvalue weighted by Crippen LogP contribution is -2.31. The lowest BCUT2D eigenvalue weighted by Gasteiger charge is -2.16. The fourth-order valence-electron chi connectivity index (χ4n) is 3.36. The minimum atomic E-state index is -0.196. The van der Waals surface area contributed by atoms with Crippen LogP contribution in [0.5, 0.6) is 0 Å². The minimum Gasteiger partial charge on any atom is -0.384 e. The van der Waals surface area contributed by atoms with Crippen molar-refractivity contribution in [1.29, 1.82) is 0 Å². The van der Waals surface area contributed by atoms with Gasteiger partial charge in [-0.3, -0.25) is 14.5 Å². The lowest BCUT2D eigenvalue weighted by atomic mass is 10.00. The van der Waals surface area contributed by atoms with Gasteiger partial charge in [0.15, 0.2) is 0 Å². The van der Waals surface area contributed by atoms with Crippen molar-refractivity contribution in [2.75, 3.05) is 6.61 Å². The molecule has 0 radical (unpaired) electrons. The number of aliphatic hydroxyl groups is 1. The molecule has 1 aromatic rings. The van der Waals surface area contributed by atoms with Crippen molar-refractivity contribution in [2.24, 2.45) is 17.8 Å². The molecule has 2 atom stereocenters. The molecule has 2 amide bonds. The van der Waals surface area contributed by atoms with Crippen molar-refractivity contribution in [3.05, 3.63) is 21.9 Å². The Morgan fingerprint density at radius 3 is 2.62 bits per heavy atom. The van der Waals surface area contributed by atoms with E-state index in [1.807, 2.05) is 11.4 Å². The molecular formula is C16H17NO3S. The molecular weight excluding hydrogens is 286 g/mol. The molecule has 2 aliphatic rings. The van der Waals surface area contributed by atoms with Crippen LogP contribution in [-0.4, -0.2) is 28.4 Å². The van der Waals surface area contributed by atoms with Gasteiger partial charge in [0, 0.05) is 10.4 Å². The SMILES string of the molecule is CC1CC2C(=O)N(Cc3sccc3C#CCO)C(=O)C2C1. The van der Waals surface area contributed by atoms with Crippen molar-refractivity contribution in [3.63, 3.8) is 0 Å². The van der Waals surface area contributed by atoms with Crippen molar-refractivity contribution >= 4 is 23.2 Å². The number of fused-ring (bicyclic) bond motifs is 1. The van der Waals surface area contributed by atoms with Gasteiger partial charge < -0.3 is 5.11 Å². The Balaban J connectivity index is 1.79. The van der Waals surface area contributed by atoms with Gasteiger partial charge in [0.2, 0.25) is 11.8 Å². The van der Waals surface area contributed by atoms with Crippen molar-refractivity contribution < 1.29 is 14.7 Å². The van der Waals surface area contributed by atoms with E-state index < -0.39 is 0 Å². The Kier molecular flexibility index (Phi) is 3.83. The number of rotatable bonds is 2. The zero-order valence-corrected chi connectivity index (χ0v) is 12.7. The highest BCUT2D eigenvalue weighted by Crippen LogP contribution is 2.43. The van der Waals surface area contributed by atoms with Crippen LogP contribution in [0.4, 0.5) is 0 Å². The van der Waals surface area contributed by atoms with Crippen LogP contribution >= 0.6 is 11.3 Å². The summed E-state index contributed by atoms with van der Waals surface area (Å²) < 4.78 is 0. The fraction of sp³-hybridized carbons (Fsp3) is 0.500. The van der Waals surface area contributed by atoms with Gasteiger partial charge in [0.05, 0.1) is 18.4 Å². The molecule has 1 saturated carbocycles. The first-order valence-corrected chi connectivity index (χ1v) is 8.01. The summed E-state index contributed by atoms with van der Waals surface area (Å²) in [5.41, 5.74) is 0.792. The number of hydrogen-bond acceptors (Lipinski definition) is 4. The quantitative estimate of drug-likeness (QED) is 0.667. The Bertz CT molecular complexity index is 615. The van der Waals surface area contributed by atoms with Crippen LogP contribution in [-0.2, 0) is 16.1 Å². The first kappa shape index (κ1) is 14.3. The summed E-state index contributed by atoms with van der Waals surface area (Å²) in [5, 5.41) is 10.7. The largest absolute Gasteiger partial charge is 0.384 e. The molecule has 2 unspecified atom stereocenters. The van der Waals surface area contributed by atoms with Gasteiger partial charge in [0.1, 0.15) is 6.61 Å². The van der Waals surface area contributed by atoms with E-state index in [2.05, 4.69) is 18.8 Å². The molecule has 0 aromatic carbocycles. The average molecular weight is 303 g/mol. The monoisotopic (exact) mass is 303 g/mol. The van der Waals surface area contributed by atoms with Crippen LogP contribution in [0.3, 0.4) is 0 Å². The first-order chi connectivity index (χ1) is 10.1. The second kappa shape index (κ2) is 5.63. The van der Waals surface area contributed by atoms with Gasteiger partial charge >= 0.3 is 0 Å². The van der Waals surface area contributed by atoms with Crippen LogP contribution in [0.25, 0.3) is 0 Å². The predicted octanol–water partition coefficient (Wildman–Crippen LogP) is 1.62. The van der Waals surface area contributed by atoms with Crippen LogP contribution in [0.2, 0.25) is 0 Å². The van der Waals surface area contributed by atoms with Crippen LogP contribution in [0.15, 0.2) is 11.4 Å². The molecule has 4 nitrogen and oxygen atoms in total. The number of thiophene rings is 1. The van der Waals surface area contributed by atoms with E-state index in [1.165, 1.54) is 16.2 Å². The number of carbonyl (C=O) groups excluding carboxylic acids is 2. The number of likely N-dealkylation sites (tertiary alicyclic amines) is 1. The van der Waals surface area contributed by atoms with Crippen LogP contribution < -0.4 is 0 Å². The molecule has 1 aromatic heterocycles. The van der Waals surface area contributed by atoms with E-state index >= 15 is 0 Å². The molecule has 2 fully saturated rings. The Morgan fingerprint density at radius 2 is 2.00 bits per heavy atom. The third kappa shape index (κ3) is 2.50. The average Bonchev–Trinajstić information content (AvgIpc) is 3.11. The second-order valence-electron chi connectivity index (χ2n) is 5.77. The highest BCUT2D eigenvalue weighted by Gasteiger charge is 2.51. The lowest BCUT2D eigenvalue weighted by molar-refractivity contribution is -0.141. The van der Waals surface area contributed by atoms with Gasteiger partial charge in [-0.05, 0) is 30.2 Å². The highest BCUT2D eigenvalue weighted by molar-refractivity contribution is 7.10. The van der Waals surface area contributed by atoms with E-state index in [-0.39, 0.29) is 30.3 Å². The molecule has 3 rings (SSSR count). The number of amides is 2. The van der Waals surface area contributed by atoms with E-state index in [1.54, 1.807) is 0 Å². The molecule has 2 heterocycles. The molecule has 0 spiro atoms. The predicted molar refractivity (Wildman–Crippen MR) is 79.2 cm³/mol. The van der Waals surface area contributed by atoms with Crippen LogP contribution in [0, 0.1) is 29.6 Å². The molecule has 5 heteroatoms. The Hall–Kier alpha value is -1.64. The maximum Gasteiger partial charge on any atom is 0.233 e. The zero-order chi connectivity index (χ0) is 15.0. The van der Waals surface area contributed by atoms with Gasteiger partial charge in [0.25, 0.3) is 0 Å². The summed E-state index contributed by atoms with van der Waals surface area (Å²) in [6, 6.07) is 1.86. The first-order valence-electron chi connectivity index (χ1n) is 7.13. The van der Waals surface area contributed by atoms with Gasteiger partial charge in [-0.1, -0.05) is 18.8 Å². The number of aliphatic hydroxyl groups excluding tert-OH is 1. The van der Waals surface area contributed by atoms with Gasteiger partial charge in [-0.15, -0.1) is 11.3 Å². The number of imide groups is 1. The van der Waals surface area contributed by atoms with E-state index in [0.717, 1.165) is 23.3 Å². The fourth-order valence-corrected chi connectivity index (χ4v) is 4.17. The van der Waals surface area contributed by atoms with Crippen LogP contribution in [0.1, 0.15) is 30.2 Å². The van der Waals surface area contributed by atoms with Crippen molar-refractivity contribution in [2.45, 2.75) is 26.3 Å². The zero-order valence-electron chi connectivity index (χ0n) is 11.8. The summed E-state index contributed by atoms with van der Waals surface area (Å²) in [6.45, 7) is 2.22. The maximum atomic E-state index is 12.4. The van der Waals surface area contributed by atoms with Gasteiger partial charge in [-0.2, -0.15) is 0 Å². The number of carbonyl (C=O) groups is 2. The molecule has 1 aliphatic heterocycles. The minimum absolute atomic E-state index is 0.0242. The Morgan fingerprint density at radius 1 is 1.33 bits per heavy atom. The molecule has 21 heavy (non-hydrogen) atoms. The summed E-state index contributed by atoms with van der Waals surface area (Å²) in [4.78, 5) is 27.2. The van der Waals surface area contributed by atoms with E-state index in [0.29, 0.717) is 12.5 Å². The summed E-state index contributed by atoms with van der Waals surface area (Å²) >= 11 is 1.49. The highest BCUT2D eigenvalue weighted by atomic mass is 32.1. The summed E-state index contributed by atoms with van der Waals surface area (Å²) in [5.74, 6) is 5.66. The van der Waals surface area contributed by atoms with Crippen molar-refractivity contribution in [1.82, 2.24) is 4.90 Å². The third-order valence-electron chi connectivity index (χ3n) is 4.31. The Labute approximate surface area is 127 Å². The molecule has 1 saturated heterocycles. The smallest absolute Gasteiger partial charge is 0.233 e. The molecule has 110 valence electrons. The standard InChI is InChI=1S/C16H17NO3S/c1-10-7-12-13(8-10)16(20)17(15(12)19)9-14-11(3-2-5-18)4-6-21-14/h4,6,10,12-13,18H,5,7-9H2,1H3. The van der Waals surface area contributed by atoms with Crippen molar-refractivity contribution in [3.8, 4) is 11.8 Å². The summed E-state index contributed by atoms with van der Waals surface area (Å²) in [7, 11) is 0. The summed E-state index contributed by atoms with van der Waals surface area (Å²) in [6.07, 6.45) is 1.65. The molecule has 1 N–H and O–H groups in total. The topological polar surface area (TPSA) is 57.6 Å². The van der Waals surface area contributed by atoms with E-state index in [4.69, 9.17) is 5.11 Å². The number of hydrogen-bond donors (Lipinski definition) is 1. The third-order valence-corrected chi connectivity index (χ3v) is 5.22.